The maximum Gasteiger partial charge on any atom is 0.261 e. The summed E-state index contributed by atoms with van der Waals surface area (Å²) in [6, 6.07) is 13.8. The van der Waals surface area contributed by atoms with E-state index in [0.29, 0.717) is 46.7 Å². The number of amides is 2. The summed E-state index contributed by atoms with van der Waals surface area (Å²) < 4.78 is 6.90. The highest BCUT2D eigenvalue weighted by atomic mass is 16.5. The molecule has 0 spiro atoms. The van der Waals surface area contributed by atoms with E-state index in [9.17, 15) is 14.4 Å². The molecular formula is C23H20N6O4. The largest absolute Gasteiger partial charge is 0.368 e. The molecule has 1 saturated heterocycles. The van der Waals surface area contributed by atoms with Gasteiger partial charge in [0.2, 0.25) is 0 Å². The zero-order valence-corrected chi connectivity index (χ0v) is 17.4. The van der Waals surface area contributed by atoms with Crippen LogP contribution in [0.4, 0.5) is 11.4 Å². The molecule has 1 unspecified atom stereocenters. The molecule has 33 heavy (non-hydrogen) atoms. The van der Waals surface area contributed by atoms with Crippen LogP contribution in [-0.4, -0.2) is 44.3 Å². The number of nitrogens with one attached hydrogen (secondary N) is 3. The first-order chi connectivity index (χ1) is 16.1. The predicted octanol–water partition coefficient (Wildman–Crippen LogP) is 2.48. The number of nitrogens with zero attached hydrogens (tertiary/aromatic N) is 3. The smallest absolute Gasteiger partial charge is 0.261 e. The van der Waals surface area contributed by atoms with E-state index >= 15 is 0 Å². The molecule has 1 aliphatic heterocycles. The van der Waals surface area contributed by atoms with Crippen molar-refractivity contribution in [3.8, 4) is 5.69 Å². The van der Waals surface area contributed by atoms with Crippen molar-refractivity contribution in [3.05, 3.63) is 77.0 Å². The van der Waals surface area contributed by atoms with Crippen molar-refractivity contribution in [2.24, 2.45) is 0 Å². The summed E-state index contributed by atoms with van der Waals surface area (Å²) in [4.78, 5) is 44.0. The minimum Gasteiger partial charge on any atom is -0.368 e. The zero-order chi connectivity index (χ0) is 22.8. The standard InChI is InChI=1S/C23H20N6O4/c30-21(14-5-3-6-15(11-14)27-23(32)19-9-4-10-33-19)28-17-7-1-2-8-18(17)29-20-16(12-26-29)22(31)25-13-24-20/h1-3,5-8,11-13,19H,4,9-10H2,(H,27,32)(H,28,30)(H,24,25,31). The van der Waals surface area contributed by atoms with Gasteiger partial charge in [0.05, 0.1) is 23.9 Å². The summed E-state index contributed by atoms with van der Waals surface area (Å²) in [7, 11) is 0. The third-order valence-corrected chi connectivity index (χ3v) is 5.37. The second-order valence-electron chi connectivity index (χ2n) is 7.57. The highest BCUT2D eigenvalue weighted by Gasteiger charge is 2.23. The molecule has 166 valence electrons. The summed E-state index contributed by atoms with van der Waals surface area (Å²) in [6.07, 6.45) is 3.82. The molecule has 1 fully saturated rings. The minimum atomic E-state index is -0.459. The number of fused-ring (bicyclic) bond motifs is 1. The van der Waals surface area contributed by atoms with Crippen LogP contribution in [0.3, 0.4) is 0 Å². The molecule has 5 rings (SSSR count). The third-order valence-electron chi connectivity index (χ3n) is 5.37. The number of para-hydroxylation sites is 2. The molecule has 0 aliphatic carbocycles. The molecule has 1 atom stereocenters. The summed E-state index contributed by atoms with van der Waals surface area (Å²) in [5, 5.41) is 10.3. The lowest BCUT2D eigenvalue weighted by atomic mass is 10.1. The number of carbonyl (C=O) groups excluding carboxylic acids is 2. The van der Waals surface area contributed by atoms with Gasteiger partial charge < -0.3 is 20.4 Å². The number of hydrogen-bond acceptors (Lipinski definition) is 6. The normalized spacial score (nSPS) is 15.5. The van der Waals surface area contributed by atoms with Crippen LogP contribution in [0.1, 0.15) is 23.2 Å². The van der Waals surface area contributed by atoms with Gasteiger partial charge in [-0.15, -0.1) is 0 Å². The number of hydrogen-bond donors (Lipinski definition) is 3. The molecule has 2 amide bonds. The number of rotatable bonds is 5. The molecule has 10 nitrogen and oxygen atoms in total. The summed E-state index contributed by atoms with van der Waals surface area (Å²) in [5.74, 6) is -0.582. The fourth-order valence-electron chi connectivity index (χ4n) is 3.74. The van der Waals surface area contributed by atoms with Gasteiger partial charge in [-0.2, -0.15) is 5.10 Å². The zero-order valence-electron chi connectivity index (χ0n) is 17.4. The molecule has 0 radical (unpaired) electrons. The van der Waals surface area contributed by atoms with Gasteiger partial charge in [-0.3, -0.25) is 14.4 Å². The molecule has 3 heterocycles. The van der Waals surface area contributed by atoms with Gasteiger partial charge in [-0.05, 0) is 43.2 Å². The second kappa shape index (κ2) is 8.67. The maximum atomic E-state index is 13.0. The average molecular weight is 444 g/mol. The Labute approximate surface area is 187 Å². The molecular weight excluding hydrogens is 424 g/mol. The van der Waals surface area contributed by atoms with E-state index in [4.69, 9.17) is 4.74 Å². The van der Waals surface area contributed by atoms with Crippen molar-refractivity contribution in [2.45, 2.75) is 18.9 Å². The molecule has 4 aromatic rings. The van der Waals surface area contributed by atoms with E-state index in [0.717, 1.165) is 6.42 Å². The number of benzene rings is 2. The van der Waals surface area contributed by atoms with E-state index in [1.165, 1.54) is 17.2 Å². The van der Waals surface area contributed by atoms with Crippen LogP contribution in [-0.2, 0) is 9.53 Å². The van der Waals surface area contributed by atoms with Gasteiger partial charge in [-0.1, -0.05) is 18.2 Å². The van der Waals surface area contributed by atoms with Crippen molar-refractivity contribution in [1.29, 1.82) is 0 Å². The van der Waals surface area contributed by atoms with E-state index < -0.39 is 6.10 Å². The molecule has 2 aromatic carbocycles. The van der Waals surface area contributed by atoms with Gasteiger partial charge >= 0.3 is 0 Å². The van der Waals surface area contributed by atoms with Gasteiger partial charge in [0.1, 0.15) is 11.5 Å². The maximum absolute atomic E-state index is 13.0. The Bertz CT molecular complexity index is 1400. The van der Waals surface area contributed by atoms with E-state index in [1.807, 2.05) is 0 Å². The highest BCUT2D eigenvalue weighted by Crippen LogP contribution is 2.23. The minimum absolute atomic E-state index is 0.219. The van der Waals surface area contributed by atoms with E-state index in [2.05, 4.69) is 25.7 Å². The second-order valence-corrected chi connectivity index (χ2v) is 7.57. The lowest BCUT2D eigenvalue weighted by Crippen LogP contribution is -2.27. The van der Waals surface area contributed by atoms with Crippen LogP contribution >= 0.6 is 0 Å². The highest BCUT2D eigenvalue weighted by molar-refractivity contribution is 6.06. The van der Waals surface area contributed by atoms with Gasteiger partial charge in [-0.25, -0.2) is 9.67 Å². The summed E-state index contributed by atoms with van der Waals surface area (Å²) >= 11 is 0. The summed E-state index contributed by atoms with van der Waals surface area (Å²) in [6.45, 7) is 0.579. The lowest BCUT2D eigenvalue weighted by molar-refractivity contribution is -0.124. The fraction of sp³-hybridized carbons (Fsp3) is 0.174. The molecule has 0 saturated carbocycles. The van der Waals surface area contributed by atoms with Crippen LogP contribution < -0.4 is 16.2 Å². The van der Waals surface area contributed by atoms with Gasteiger partial charge in [0.25, 0.3) is 17.4 Å². The van der Waals surface area contributed by atoms with Gasteiger partial charge in [0.15, 0.2) is 5.65 Å². The third kappa shape index (κ3) is 4.11. The number of ether oxygens (including phenoxy) is 1. The number of aromatic amines is 1. The average Bonchev–Trinajstić information content (AvgIpc) is 3.51. The molecule has 0 bridgehead atoms. The van der Waals surface area contributed by atoms with Crippen molar-refractivity contribution < 1.29 is 14.3 Å². The Morgan fingerprint density at radius 3 is 2.85 bits per heavy atom. The first-order valence-electron chi connectivity index (χ1n) is 10.4. The van der Waals surface area contributed by atoms with Crippen LogP contribution in [0, 0.1) is 0 Å². The first-order valence-corrected chi connectivity index (χ1v) is 10.4. The topological polar surface area (TPSA) is 131 Å². The quantitative estimate of drug-likeness (QED) is 0.433. The molecule has 3 N–H and O–H groups in total. The van der Waals surface area contributed by atoms with E-state index in [1.54, 1.807) is 48.5 Å². The van der Waals surface area contributed by atoms with Crippen LogP contribution in [0.5, 0.6) is 0 Å². The molecule has 10 heteroatoms. The Morgan fingerprint density at radius 2 is 2.00 bits per heavy atom. The van der Waals surface area contributed by atoms with Crippen LogP contribution in [0.15, 0.2) is 65.8 Å². The van der Waals surface area contributed by atoms with Crippen molar-refractivity contribution in [2.75, 3.05) is 17.2 Å². The number of aromatic nitrogens is 4. The Kier molecular flexibility index (Phi) is 5.41. The SMILES string of the molecule is O=C(Nc1ccccc1-n1ncc2c(=O)[nH]cnc21)c1cccc(NC(=O)C2CCCO2)c1. The van der Waals surface area contributed by atoms with Crippen molar-refractivity contribution in [3.63, 3.8) is 0 Å². The Morgan fingerprint density at radius 1 is 1.12 bits per heavy atom. The van der Waals surface area contributed by atoms with Crippen LogP contribution in [0.25, 0.3) is 16.7 Å². The summed E-state index contributed by atoms with van der Waals surface area (Å²) in [5.41, 5.74) is 2.01. The monoisotopic (exact) mass is 444 g/mol. The molecule has 2 aromatic heterocycles. The Hall–Kier alpha value is -4.31. The van der Waals surface area contributed by atoms with Crippen molar-refractivity contribution >= 4 is 34.2 Å². The van der Waals surface area contributed by atoms with Crippen molar-refractivity contribution in [1.82, 2.24) is 19.7 Å². The van der Waals surface area contributed by atoms with E-state index in [-0.39, 0.29) is 17.4 Å². The van der Waals surface area contributed by atoms with Crippen LogP contribution in [0.2, 0.25) is 0 Å². The molecule has 1 aliphatic rings. The lowest BCUT2D eigenvalue weighted by Gasteiger charge is -2.13. The number of anilines is 2. The fourth-order valence-corrected chi connectivity index (χ4v) is 3.74. The number of carbonyl (C=O) groups is 2. The number of H-pyrrole nitrogens is 1. The Balaban J connectivity index is 1.39. The van der Waals surface area contributed by atoms with Gasteiger partial charge in [0, 0.05) is 17.9 Å². The first kappa shape index (κ1) is 20.6. The predicted molar refractivity (Wildman–Crippen MR) is 121 cm³/mol.